The first-order valence-electron chi connectivity index (χ1n) is 14.5. The molecule has 1 unspecified atom stereocenters. The van der Waals surface area contributed by atoms with Gasteiger partial charge in [0.15, 0.2) is 0 Å². The maximum Gasteiger partial charge on any atom is 0.251 e. The third-order valence-corrected chi connectivity index (χ3v) is 6.67. The van der Waals surface area contributed by atoms with Crippen LogP contribution in [0.5, 0.6) is 0 Å². The van der Waals surface area contributed by atoms with Gasteiger partial charge in [0.25, 0.3) is 5.91 Å². The number of aldehydes is 1. The zero-order valence-corrected chi connectivity index (χ0v) is 26.2. The number of carbonyl (C=O) groups is 2. The first kappa shape index (κ1) is 35.2. The monoisotopic (exact) mass is 556 g/mol. The molecule has 1 amide bonds. The molecule has 1 N–H and O–H groups in total. The molecule has 0 bridgehead atoms. The number of ether oxygens (including phenoxy) is 1. The number of allylic oxidation sites excluding steroid dienone is 5. The number of nitrogens with one attached hydrogen (secondary N) is 1. The van der Waals surface area contributed by atoms with Gasteiger partial charge in [0.05, 0.1) is 5.69 Å². The Kier molecular flexibility index (Phi) is 16.6. The van der Waals surface area contributed by atoms with E-state index in [2.05, 4.69) is 48.5 Å². The second kappa shape index (κ2) is 19.3. The first-order chi connectivity index (χ1) is 19.7. The van der Waals surface area contributed by atoms with Crippen LogP contribution in [0.15, 0.2) is 90.2 Å². The predicted molar refractivity (Wildman–Crippen MR) is 174 cm³/mol. The van der Waals surface area contributed by atoms with Crippen molar-refractivity contribution in [3.8, 4) is 11.3 Å². The molecule has 220 valence electrons. The van der Waals surface area contributed by atoms with Crippen LogP contribution in [0.4, 0.5) is 0 Å². The molecule has 1 aromatic carbocycles. The fraction of sp³-hybridized carbons (Fsp3) is 0.361. The molecule has 41 heavy (non-hydrogen) atoms. The summed E-state index contributed by atoms with van der Waals surface area (Å²) >= 11 is 0. The number of pyridine rings is 1. The lowest BCUT2D eigenvalue weighted by molar-refractivity contribution is -0.117. The van der Waals surface area contributed by atoms with Gasteiger partial charge in [-0.3, -0.25) is 14.6 Å². The van der Waals surface area contributed by atoms with E-state index in [1.165, 1.54) is 5.57 Å². The molecule has 1 atom stereocenters. The quantitative estimate of drug-likeness (QED) is 0.182. The standard InChI is InChI=1S/C31H34N2O2.C3H8O.C2H6/c1-6-8-25(17-22(4)20-34)26-9-7-10-27(19-26)30-18-24(13-15-32-30)11-12-29-28(23(5)21(2)3)14-16-33-31(29)35;1-3-4-2;1-2/h6-13,15,17-21,23H,4,14,16H2,1-3,5H3,(H,33,35);3H2,1-2H3;1-2H3/b8-6-,12-11+,25-17+;;. The molecule has 0 saturated heterocycles. The summed E-state index contributed by atoms with van der Waals surface area (Å²) in [5.41, 5.74) is 7.07. The predicted octanol–water partition coefficient (Wildman–Crippen LogP) is 8.26. The number of nitrogens with zero attached hydrogens (tertiary/aromatic N) is 1. The SMILES string of the molecule is C=C(C=O)/C=C(\C=C/C)c1cccc(-c2cc(/C=C/C3=C(C(C)C(C)C)CCNC3=O)ccn2)c1.CC.CCOC. The van der Waals surface area contributed by atoms with Gasteiger partial charge in [-0.25, -0.2) is 0 Å². The normalized spacial score (nSPS) is 14.3. The lowest BCUT2D eigenvalue weighted by Gasteiger charge is -2.26. The second-order valence-corrected chi connectivity index (χ2v) is 9.74. The molecule has 1 aliphatic heterocycles. The van der Waals surface area contributed by atoms with Crippen LogP contribution in [0.1, 0.15) is 66.0 Å². The Morgan fingerprint density at radius 2 is 1.85 bits per heavy atom. The summed E-state index contributed by atoms with van der Waals surface area (Å²) in [5.74, 6) is 0.827. The van der Waals surface area contributed by atoms with E-state index in [1.54, 1.807) is 19.4 Å². The Labute approximate surface area is 247 Å². The van der Waals surface area contributed by atoms with E-state index in [0.717, 1.165) is 52.8 Å². The molecule has 5 nitrogen and oxygen atoms in total. The van der Waals surface area contributed by atoms with Gasteiger partial charge < -0.3 is 10.1 Å². The van der Waals surface area contributed by atoms with Gasteiger partial charge in [0.1, 0.15) is 6.29 Å². The maximum atomic E-state index is 12.6. The number of hydrogen-bond acceptors (Lipinski definition) is 4. The molecule has 3 rings (SSSR count). The molecule has 0 fully saturated rings. The maximum absolute atomic E-state index is 12.6. The third kappa shape index (κ3) is 11.3. The van der Waals surface area contributed by atoms with Crippen LogP contribution < -0.4 is 5.32 Å². The molecule has 1 aromatic heterocycles. The minimum atomic E-state index is -0.00260. The van der Waals surface area contributed by atoms with Crippen molar-refractivity contribution in [2.24, 2.45) is 11.8 Å². The molecule has 5 heteroatoms. The Morgan fingerprint density at radius 3 is 2.46 bits per heavy atom. The summed E-state index contributed by atoms with van der Waals surface area (Å²) in [6.45, 7) is 19.8. The minimum absolute atomic E-state index is 0.00260. The molecule has 0 radical (unpaired) electrons. The number of rotatable bonds is 10. The summed E-state index contributed by atoms with van der Waals surface area (Å²) in [6.07, 6.45) is 13.0. The van der Waals surface area contributed by atoms with Crippen molar-refractivity contribution in [3.05, 3.63) is 101 Å². The lowest BCUT2D eigenvalue weighted by Crippen LogP contribution is -2.33. The summed E-state index contributed by atoms with van der Waals surface area (Å²) in [6, 6.07) is 12.0. The van der Waals surface area contributed by atoms with Gasteiger partial charge in [-0.1, -0.05) is 83.2 Å². The van der Waals surface area contributed by atoms with Gasteiger partial charge >= 0.3 is 0 Å². The van der Waals surface area contributed by atoms with Crippen LogP contribution in [0.2, 0.25) is 0 Å². The molecule has 0 aliphatic carbocycles. The van der Waals surface area contributed by atoms with Crippen LogP contribution >= 0.6 is 0 Å². The highest BCUT2D eigenvalue weighted by molar-refractivity contribution is 5.99. The van der Waals surface area contributed by atoms with Gasteiger partial charge in [0, 0.05) is 43.2 Å². The summed E-state index contributed by atoms with van der Waals surface area (Å²) < 4.78 is 4.54. The highest BCUT2D eigenvalue weighted by Crippen LogP contribution is 2.29. The van der Waals surface area contributed by atoms with Crippen molar-refractivity contribution in [1.29, 1.82) is 0 Å². The number of aromatic nitrogens is 1. The number of amides is 1. The molecule has 1 aliphatic rings. The third-order valence-electron chi connectivity index (χ3n) is 6.67. The number of methoxy groups -OCH3 is 1. The molecule has 0 spiro atoms. The van der Waals surface area contributed by atoms with Gasteiger partial charge in [-0.05, 0) is 79.2 Å². The highest BCUT2D eigenvalue weighted by Gasteiger charge is 2.23. The number of carbonyl (C=O) groups excluding carboxylic acids is 2. The van der Waals surface area contributed by atoms with Crippen molar-refractivity contribution < 1.29 is 14.3 Å². The topological polar surface area (TPSA) is 68.3 Å². The zero-order chi connectivity index (χ0) is 30.8. The van der Waals surface area contributed by atoms with Crippen LogP contribution in [-0.2, 0) is 14.3 Å². The van der Waals surface area contributed by atoms with Crippen LogP contribution in [0.3, 0.4) is 0 Å². The Morgan fingerprint density at radius 1 is 1.15 bits per heavy atom. The lowest BCUT2D eigenvalue weighted by atomic mass is 9.83. The molecule has 2 aromatic rings. The van der Waals surface area contributed by atoms with E-state index in [9.17, 15) is 9.59 Å². The zero-order valence-electron chi connectivity index (χ0n) is 26.2. The smallest absolute Gasteiger partial charge is 0.251 e. The molecule has 0 saturated carbocycles. The molecule has 2 heterocycles. The van der Waals surface area contributed by atoms with E-state index in [0.29, 0.717) is 24.0 Å². The van der Waals surface area contributed by atoms with Crippen LogP contribution in [-0.4, -0.2) is 37.4 Å². The first-order valence-corrected chi connectivity index (χ1v) is 14.5. The van der Waals surface area contributed by atoms with E-state index >= 15 is 0 Å². The fourth-order valence-corrected chi connectivity index (χ4v) is 4.13. The Balaban J connectivity index is 0.00000129. The minimum Gasteiger partial charge on any atom is -0.385 e. The average molecular weight is 557 g/mol. The van der Waals surface area contributed by atoms with Gasteiger partial charge in [-0.15, -0.1) is 0 Å². The summed E-state index contributed by atoms with van der Waals surface area (Å²) in [4.78, 5) is 28.3. The highest BCUT2D eigenvalue weighted by atomic mass is 16.5. The van der Waals surface area contributed by atoms with Crippen molar-refractivity contribution in [1.82, 2.24) is 10.3 Å². The summed E-state index contributed by atoms with van der Waals surface area (Å²) in [5, 5.41) is 2.97. The van der Waals surface area contributed by atoms with E-state index in [-0.39, 0.29) is 5.91 Å². The molecular formula is C36H48N2O3. The van der Waals surface area contributed by atoms with Crippen LogP contribution in [0, 0.1) is 11.8 Å². The Bertz CT molecular complexity index is 1260. The average Bonchev–Trinajstić information content (AvgIpc) is 3.01. The van der Waals surface area contributed by atoms with Crippen molar-refractivity contribution >= 4 is 23.8 Å². The van der Waals surface area contributed by atoms with E-state index in [1.807, 2.05) is 82.3 Å². The number of hydrogen-bond donors (Lipinski definition) is 1. The second-order valence-electron chi connectivity index (χ2n) is 9.74. The van der Waals surface area contributed by atoms with Crippen molar-refractivity contribution in [2.75, 3.05) is 20.3 Å². The largest absolute Gasteiger partial charge is 0.385 e. The molecular weight excluding hydrogens is 508 g/mol. The van der Waals surface area contributed by atoms with Crippen molar-refractivity contribution in [2.45, 2.75) is 54.9 Å². The summed E-state index contributed by atoms with van der Waals surface area (Å²) in [7, 11) is 1.68. The van der Waals surface area contributed by atoms with Crippen LogP contribution in [0.25, 0.3) is 22.9 Å². The fourth-order valence-electron chi connectivity index (χ4n) is 4.13. The van der Waals surface area contributed by atoms with Crippen molar-refractivity contribution in [3.63, 3.8) is 0 Å². The Hall–Kier alpha value is -3.83. The van der Waals surface area contributed by atoms with Gasteiger partial charge in [-0.2, -0.15) is 0 Å². The van der Waals surface area contributed by atoms with E-state index < -0.39 is 0 Å². The van der Waals surface area contributed by atoms with Gasteiger partial charge in [0.2, 0.25) is 0 Å². The van der Waals surface area contributed by atoms with E-state index in [4.69, 9.17) is 0 Å². The number of benzene rings is 1.